The van der Waals surface area contributed by atoms with Crippen LogP contribution in [0.2, 0.25) is 0 Å². The van der Waals surface area contributed by atoms with Gasteiger partial charge in [0.25, 0.3) is 0 Å². The third kappa shape index (κ3) is 2.80. The van der Waals surface area contributed by atoms with Crippen LogP contribution in [0.4, 0.5) is 0 Å². The molecule has 3 unspecified atom stereocenters. The van der Waals surface area contributed by atoms with E-state index in [1.54, 1.807) is 11.3 Å². The van der Waals surface area contributed by atoms with Crippen LogP contribution in [0.5, 0.6) is 0 Å². The van der Waals surface area contributed by atoms with Gasteiger partial charge in [-0.25, -0.2) is 0 Å². The van der Waals surface area contributed by atoms with Gasteiger partial charge in [0.2, 0.25) is 0 Å². The first-order chi connectivity index (χ1) is 9.75. The van der Waals surface area contributed by atoms with Crippen molar-refractivity contribution in [3.05, 3.63) is 58.3 Å². The highest BCUT2D eigenvalue weighted by molar-refractivity contribution is 7.07. The van der Waals surface area contributed by atoms with E-state index in [1.807, 2.05) is 0 Å². The Morgan fingerprint density at radius 3 is 2.75 bits per heavy atom. The molecule has 0 aliphatic carbocycles. The fourth-order valence-electron chi connectivity index (χ4n) is 3.04. The molecular formula is C17H22N2S. The lowest BCUT2D eigenvalue weighted by atomic mass is 9.99. The van der Waals surface area contributed by atoms with Crippen LogP contribution in [-0.2, 0) is 0 Å². The predicted octanol–water partition coefficient (Wildman–Crippen LogP) is 3.84. The van der Waals surface area contributed by atoms with Gasteiger partial charge in [0.1, 0.15) is 0 Å². The molecule has 1 aromatic heterocycles. The van der Waals surface area contributed by atoms with E-state index >= 15 is 0 Å². The van der Waals surface area contributed by atoms with E-state index in [0.29, 0.717) is 18.1 Å². The number of benzene rings is 1. The summed E-state index contributed by atoms with van der Waals surface area (Å²) in [5.41, 5.74) is 2.83. The average Bonchev–Trinajstić information content (AvgIpc) is 3.02. The summed E-state index contributed by atoms with van der Waals surface area (Å²) in [6.45, 7) is 6.76. The second kappa shape index (κ2) is 6.08. The van der Waals surface area contributed by atoms with Crippen molar-refractivity contribution < 1.29 is 0 Å². The predicted molar refractivity (Wildman–Crippen MR) is 86.1 cm³/mol. The smallest absolute Gasteiger partial charge is 0.0450 e. The Kier molecular flexibility index (Phi) is 4.20. The van der Waals surface area contributed by atoms with Crippen LogP contribution < -0.4 is 5.32 Å². The quantitative estimate of drug-likeness (QED) is 0.922. The summed E-state index contributed by atoms with van der Waals surface area (Å²) < 4.78 is 0. The van der Waals surface area contributed by atoms with Gasteiger partial charge < -0.3 is 5.32 Å². The largest absolute Gasteiger partial charge is 0.307 e. The molecule has 1 aliphatic heterocycles. The Morgan fingerprint density at radius 2 is 2.05 bits per heavy atom. The van der Waals surface area contributed by atoms with Crippen LogP contribution in [0.1, 0.15) is 37.1 Å². The van der Waals surface area contributed by atoms with Crippen molar-refractivity contribution in [3.63, 3.8) is 0 Å². The lowest BCUT2D eigenvalue weighted by Gasteiger charge is -2.42. The second-order valence-corrected chi connectivity index (χ2v) is 6.43. The molecule has 3 rings (SSSR count). The molecule has 2 aromatic rings. The molecule has 0 amide bonds. The van der Waals surface area contributed by atoms with Crippen molar-refractivity contribution >= 4 is 11.3 Å². The van der Waals surface area contributed by atoms with Crippen molar-refractivity contribution in [1.82, 2.24) is 10.2 Å². The highest BCUT2D eigenvalue weighted by Crippen LogP contribution is 2.29. The molecule has 1 saturated heterocycles. The highest BCUT2D eigenvalue weighted by atomic mass is 32.1. The number of hydrogen-bond acceptors (Lipinski definition) is 3. The van der Waals surface area contributed by atoms with Crippen molar-refractivity contribution in [2.45, 2.75) is 32.0 Å². The SMILES string of the molecule is CC1CNC(c2ccccc2)CN1C(C)c1ccsc1. The van der Waals surface area contributed by atoms with Crippen LogP contribution >= 0.6 is 11.3 Å². The number of nitrogens with zero attached hydrogens (tertiary/aromatic N) is 1. The third-order valence-electron chi connectivity index (χ3n) is 4.34. The van der Waals surface area contributed by atoms with E-state index in [1.165, 1.54) is 11.1 Å². The fourth-order valence-corrected chi connectivity index (χ4v) is 3.78. The monoisotopic (exact) mass is 286 g/mol. The van der Waals surface area contributed by atoms with Gasteiger partial charge in [-0.1, -0.05) is 30.3 Å². The number of rotatable bonds is 3. The molecule has 0 saturated carbocycles. The molecule has 1 fully saturated rings. The highest BCUT2D eigenvalue weighted by Gasteiger charge is 2.29. The molecule has 1 N–H and O–H groups in total. The molecule has 3 heteroatoms. The topological polar surface area (TPSA) is 15.3 Å². The summed E-state index contributed by atoms with van der Waals surface area (Å²) in [6, 6.07) is 14.5. The summed E-state index contributed by atoms with van der Waals surface area (Å²) in [5, 5.41) is 8.12. The fraction of sp³-hybridized carbons (Fsp3) is 0.412. The van der Waals surface area contributed by atoms with E-state index in [2.05, 4.69) is 71.2 Å². The lowest BCUT2D eigenvalue weighted by molar-refractivity contribution is 0.0989. The van der Waals surface area contributed by atoms with Gasteiger partial charge >= 0.3 is 0 Å². The molecule has 1 aromatic carbocycles. The maximum absolute atomic E-state index is 3.68. The van der Waals surface area contributed by atoms with Gasteiger partial charge in [-0.2, -0.15) is 11.3 Å². The van der Waals surface area contributed by atoms with Crippen molar-refractivity contribution in [1.29, 1.82) is 0 Å². The van der Waals surface area contributed by atoms with Crippen LogP contribution in [0.3, 0.4) is 0 Å². The third-order valence-corrected chi connectivity index (χ3v) is 5.05. The Balaban J connectivity index is 1.77. The molecule has 0 bridgehead atoms. The standard InChI is InChI=1S/C17H22N2S/c1-13-10-18-17(15-6-4-3-5-7-15)11-19(13)14(2)16-8-9-20-12-16/h3-9,12-14,17-18H,10-11H2,1-2H3. The Hall–Kier alpha value is -1.16. The molecular weight excluding hydrogens is 264 g/mol. The summed E-state index contributed by atoms with van der Waals surface area (Å²) in [7, 11) is 0. The molecule has 0 spiro atoms. The van der Waals surface area contributed by atoms with Gasteiger partial charge in [-0.3, -0.25) is 4.90 Å². The normalized spacial score (nSPS) is 25.5. The van der Waals surface area contributed by atoms with Gasteiger partial charge in [-0.05, 0) is 41.8 Å². The second-order valence-electron chi connectivity index (χ2n) is 5.65. The minimum atomic E-state index is 0.438. The number of hydrogen-bond donors (Lipinski definition) is 1. The van der Waals surface area contributed by atoms with Gasteiger partial charge in [-0.15, -0.1) is 0 Å². The zero-order chi connectivity index (χ0) is 13.9. The zero-order valence-electron chi connectivity index (χ0n) is 12.1. The zero-order valence-corrected chi connectivity index (χ0v) is 12.9. The molecule has 1 aliphatic rings. The average molecular weight is 286 g/mol. The number of nitrogens with one attached hydrogen (secondary N) is 1. The van der Waals surface area contributed by atoms with Gasteiger partial charge in [0.15, 0.2) is 0 Å². The maximum atomic E-state index is 3.68. The summed E-state index contributed by atoms with van der Waals surface area (Å²) in [6.07, 6.45) is 0. The van der Waals surface area contributed by atoms with E-state index in [4.69, 9.17) is 0 Å². The van der Waals surface area contributed by atoms with E-state index in [-0.39, 0.29) is 0 Å². The molecule has 20 heavy (non-hydrogen) atoms. The molecule has 2 nitrogen and oxygen atoms in total. The first-order valence-corrected chi connectivity index (χ1v) is 8.26. The van der Waals surface area contributed by atoms with Gasteiger partial charge in [0, 0.05) is 31.2 Å². The minimum absolute atomic E-state index is 0.438. The molecule has 0 radical (unpaired) electrons. The summed E-state index contributed by atoms with van der Waals surface area (Å²) >= 11 is 1.79. The number of thiophene rings is 1. The summed E-state index contributed by atoms with van der Waals surface area (Å²) in [4.78, 5) is 2.62. The van der Waals surface area contributed by atoms with E-state index in [0.717, 1.165) is 13.1 Å². The van der Waals surface area contributed by atoms with Crippen LogP contribution in [-0.4, -0.2) is 24.0 Å². The van der Waals surface area contributed by atoms with Crippen molar-refractivity contribution in [2.24, 2.45) is 0 Å². The molecule has 106 valence electrons. The minimum Gasteiger partial charge on any atom is -0.307 e. The van der Waals surface area contributed by atoms with Crippen LogP contribution in [0.25, 0.3) is 0 Å². The van der Waals surface area contributed by atoms with Gasteiger partial charge in [0.05, 0.1) is 0 Å². The van der Waals surface area contributed by atoms with Crippen molar-refractivity contribution in [3.8, 4) is 0 Å². The molecule has 2 heterocycles. The van der Waals surface area contributed by atoms with E-state index in [9.17, 15) is 0 Å². The van der Waals surface area contributed by atoms with Crippen LogP contribution in [0, 0.1) is 0 Å². The first kappa shape index (κ1) is 13.8. The Labute approximate surface area is 125 Å². The lowest BCUT2D eigenvalue weighted by Crippen LogP contribution is -2.52. The Morgan fingerprint density at radius 1 is 1.25 bits per heavy atom. The first-order valence-electron chi connectivity index (χ1n) is 7.32. The van der Waals surface area contributed by atoms with E-state index < -0.39 is 0 Å². The maximum Gasteiger partial charge on any atom is 0.0450 e. The molecule has 3 atom stereocenters. The Bertz CT molecular complexity index is 523. The summed E-state index contributed by atoms with van der Waals surface area (Å²) in [5.74, 6) is 0. The van der Waals surface area contributed by atoms with Crippen LogP contribution in [0.15, 0.2) is 47.2 Å². The number of piperazine rings is 1. The van der Waals surface area contributed by atoms with Crippen molar-refractivity contribution in [2.75, 3.05) is 13.1 Å².